The molecule has 0 aromatic carbocycles. The van der Waals surface area contributed by atoms with E-state index in [4.69, 9.17) is 0 Å². The number of hydrogen-bond acceptors (Lipinski definition) is 4. The summed E-state index contributed by atoms with van der Waals surface area (Å²) in [5, 5.41) is 3.32. The van der Waals surface area contributed by atoms with E-state index in [0.29, 0.717) is 0 Å². The molecular weight excluding hydrogens is 248 g/mol. The molecule has 2 rings (SSSR count). The molecule has 4 nitrogen and oxygen atoms in total. The fraction of sp³-hybridized carbons (Fsp3) is 0.375. The van der Waals surface area contributed by atoms with E-state index in [0.717, 1.165) is 43.4 Å². The molecular formula is C16H22N4. The summed E-state index contributed by atoms with van der Waals surface area (Å²) in [7, 11) is 0. The third-order valence-electron chi connectivity index (χ3n) is 3.08. The minimum Gasteiger partial charge on any atom is -0.370 e. The van der Waals surface area contributed by atoms with E-state index < -0.39 is 0 Å². The zero-order valence-corrected chi connectivity index (χ0v) is 12.2. The first-order valence-corrected chi connectivity index (χ1v) is 7.19. The van der Waals surface area contributed by atoms with Gasteiger partial charge in [-0.05, 0) is 37.6 Å². The van der Waals surface area contributed by atoms with Crippen LogP contribution in [0, 0.1) is 0 Å². The van der Waals surface area contributed by atoms with Gasteiger partial charge in [0.15, 0.2) is 0 Å². The number of anilines is 2. The van der Waals surface area contributed by atoms with Crippen LogP contribution in [0.25, 0.3) is 0 Å². The molecule has 1 N–H and O–H groups in total. The van der Waals surface area contributed by atoms with Gasteiger partial charge < -0.3 is 10.2 Å². The highest BCUT2D eigenvalue weighted by molar-refractivity contribution is 5.47. The van der Waals surface area contributed by atoms with Gasteiger partial charge in [-0.1, -0.05) is 19.1 Å². The maximum atomic E-state index is 4.66. The molecule has 0 amide bonds. The van der Waals surface area contributed by atoms with Gasteiger partial charge in [0.1, 0.15) is 11.6 Å². The molecule has 0 spiro atoms. The topological polar surface area (TPSA) is 41.0 Å². The lowest BCUT2D eigenvalue weighted by Crippen LogP contribution is -2.23. The molecule has 0 saturated heterocycles. The fourth-order valence-corrected chi connectivity index (χ4v) is 1.99. The molecule has 4 heteroatoms. The molecule has 2 aromatic rings. The minimum absolute atomic E-state index is 0.779. The van der Waals surface area contributed by atoms with Crippen LogP contribution in [0.1, 0.15) is 26.0 Å². The van der Waals surface area contributed by atoms with E-state index in [2.05, 4.69) is 34.0 Å². The largest absolute Gasteiger partial charge is 0.370 e. The van der Waals surface area contributed by atoms with Crippen LogP contribution in [-0.4, -0.2) is 23.1 Å². The average Bonchev–Trinajstić information content (AvgIpc) is 2.52. The van der Waals surface area contributed by atoms with Crippen molar-refractivity contribution in [2.45, 2.75) is 26.8 Å². The quantitative estimate of drug-likeness (QED) is 0.838. The van der Waals surface area contributed by atoms with Crippen LogP contribution in [-0.2, 0) is 6.54 Å². The monoisotopic (exact) mass is 270 g/mol. The van der Waals surface area contributed by atoms with Crippen molar-refractivity contribution in [3.8, 4) is 0 Å². The van der Waals surface area contributed by atoms with Crippen LogP contribution in [0.2, 0.25) is 0 Å². The summed E-state index contributed by atoms with van der Waals surface area (Å²) < 4.78 is 0. The van der Waals surface area contributed by atoms with Crippen LogP contribution < -0.4 is 10.2 Å². The third-order valence-corrected chi connectivity index (χ3v) is 3.08. The van der Waals surface area contributed by atoms with Gasteiger partial charge in [-0.15, -0.1) is 0 Å². The molecule has 0 aliphatic rings. The van der Waals surface area contributed by atoms with Crippen LogP contribution in [0.5, 0.6) is 0 Å². The zero-order valence-electron chi connectivity index (χ0n) is 12.2. The van der Waals surface area contributed by atoms with E-state index in [9.17, 15) is 0 Å². The first-order chi connectivity index (χ1) is 9.83. The van der Waals surface area contributed by atoms with Gasteiger partial charge in [-0.2, -0.15) is 0 Å². The van der Waals surface area contributed by atoms with Gasteiger partial charge in [0.2, 0.25) is 0 Å². The number of nitrogens with zero attached hydrogens (tertiary/aromatic N) is 3. The molecule has 2 aromatic heterocycles. The zero-order chi connectivity index (χ0) is 14.2. The minimum atomic E-state index is 0.779. The van der Waals surface area contributed by atoms with Gasteiger partial charge in [0.05, 0.1) is 12.2 Å². The van der Waals surface area contributed by atoms with Crippen molar-refractivity contribution in [2.24, 2.45) is 0 Å². The number of pyridine rings is 2. The molecule has 20 heavy (non-hydrogen) atoms. The van der Waals surface area contributed by atoms with E-state index in [-0.39, 0.29) is 0 Å². The molecule has 0 saturated carbocycles. The summed E-state index contributed by atoms with van der Waals surface area (Å²) in [6.07, 6.45) is 2.92. The van der Waals surface area contributed by atoms with Crippen LogP contribution in [0.4, 0.5) is 11.6 Å². The van der Waals surface area contributed by atoms with Crippen LogP contribution >= 0.6 is 0 Å². The van der Waals surface area contributed by atoms with Gasteiger partial charge in [0.25, 0.3) is 0 Å². The van der Waals surface area contributed by atoms with E-state index in [1.165, 1.54) is 0 Å². The van der Waals surface area contributed by atoms with Gasteiger partial charge in [0, 0.05) is 19.3 Å². The summed E-state index contributed by atoms with van der Waals surface area (Å²) >= 11 is 0. The molecule has 0 aliphatic carbocycles. The highest BCUT2D eigenvalue weighted by atomic mass is 15.2. The molecule has 0 fully saturated rings. The Morgan fingerprint density at radius 1 is 1.10 bits per heavy atom. The Morgan fingerprint density at radius 2 is 2.00 bits per heavy atom. The normalized spacial score (nSPS) is 10.3. The summed E-state index contributed by atoms with van der Waals surface area (Å²) in [6.45, 7) is 6.91. The Hall–Kier alpha value is -2.10. The lowest BCUT2D eigenvalue weighted by Gasteiger charge is -2.22. The smallest absolute Gasteiger partial charge is 0.131 e. The van der Waals surface area contributed by atoms with E-state index in [1.54, 1.807) is 0 Å². The maximum Gasteiger partial charge on any atom is 0.131 e. The summed E-state index contributed by atoms with van der Waals surface area (Å²) in [4.78, 5) is 11.3. The maximum absolute atomic E-state index is 4.66. The van der Waals surface area contributed by atoms with Crippen molar-refractivity contribution in [1.29, 1.82) is 0 Å². The standard InChI is InChI=1S/C16H22N4/c1-3-11-18-15-9-7-10-16(19-15)20(4-2)13-14-8-5-6-12-17-14/h5-10,12H,3-4,11,13H2,1-2H3,(H,18,19). The average molecular weight is 270 g/mol. The lowest BCUT2D eigenvalue weighted by molar-refractivity contribution is 0.794. The van der Waals surface area contributed by atoms with Crippen LogP contribution in [0.15, 0.2) is 42.6 Å². The molecule has 0 radical (unpaired) electrons. The third kappa shape index (κ3) is 3.95. The van der Waals surface area contributed by atoms with Crippen LogP contribution in [0.3, 0.4) is 0 Å². The second-order valence-electron chi connectivity index (χ2n) is 4.64. The van der Waals surface area contributed by atoms with Gasteiger partial charge in [-0.3, -0.25) is 4.98 Å². The van der Waals surface area contributed by atoms with Crippen molar-refractivity contribution in [2.75, 3.05) is 23.3 Å². The summed E-state index contributed by atoms with van der Waals surface area (Å²) in [6, 6.07) is 12.1. The number of aromatic nitrogens is 2. The lowest BCUT2D eigenvalue weighted by atomic mass is 10.3. The highest BCUT2D eigenvalue weighted by Gasteiger charge is 2.08. The molecule has 0 atom stereocenters. The number of nitrogens with one attached hydrogen (secondary N) is 1. The molecule has 0 unspecified atom stereocenters. The fourth-order valence-electron chi connectivity index (χ4n) is 1.99. The van der Waals surface area contributed by atoms with Crippen molar-refractivity contribution >= 4 is 11.6 Å². The van der Waals surface area contributed by atoms with Crippen molar-refractivity contribution < 1.29 is 0 Å². The van der Waals surface area contributed by atoms with E-state index in [1.807, 2.05) is 42.6 Å². The van der Waals surface area contributed by atoms with Crippen molar-refractivity contribution in [3.05, 3.63) is 48.3 Å². The molecule has 0 aliphatic heterocycles. The predicted molar refractivity (Wildman–Crippen MR) is 84.0 cm³/mol. The van der Waals surface area contributed by atoms with Gasteiger partial charge in [-0.25, -0.2) is 4.98 Å². The Bertz CT molecular complexity index is 513. The number of hydrogen-bond donors (Lipinski definition) is 1. The van der Waals surface area contributed by atoms with Crippen molar-refractivity contribution in [1.82, 2.24) is 9.97 Å². The predicted octanol–water partition coefficient (Wildman–Crippen LogP) is 3.33. The summed E-state index contributed by atoms with van der Waals surface area (Å²) in [5.41, 5.74) is 1.06. The first kappa shape index (κ1) is 14.3. The Labute approximate surface area is 120 Å². The Balaban J connectivity index is 2.10. The molecule has 106 valence electrons. The molecule has 2 heterocycles. The first-order valence-electron chi connectivity index (χ1n) is 7.19. The second-order valence-corrected chi connectivity index (χ2v) is 4.64. The summed E-state index contributed by atoms with van der Waals surface area (Å²) in [5.74, 6) is 1.92. The highest BCUT2D eigenvalue weighted by Crippen LogP contribution is 2.16. The van der Waals surface area contributed by atoms with Gasteiger partial charge >= 0.3 is 0 Å². The molecule has 0 bridgehead atoms. The van der Waals surface area contributed by atoms with E-state index >= 15 is 0 Å². The van der Waals surface area contributed by atoms with Crippen molar-refractivity contribution in [3.63, 3.8) is 0 Å². The second kappa shape index (κ2) is 7.48. The number of rotatable bonds is 7. The Morgan fingerprint density at radius 3 is 2.70 bits per heavy atom. The Kier molecular flexibility index (Phi) is 5.35. The SMILES string of the molecule is CCCNc1cccc(N(CC)Cc2ccccn2)n1.